The largest absolute Gasteiger partial charge is 0.497 e. The third-order valence-electron chi connectivity index (χ3n) is 13.8. The van der Waals surface area contributed by atoms with E-state index in [1.54, 1.807) is 20.3 Å². The van der Waals surface area contributed by atoms with E-state index in [-0.39, 0.29) is 49.0 Å². The van der Waals surface area contributed by atoms with Crippen molar-refractivity contribution in [2.45, 2.75) is 197 Å². The molecule has 2 saturated heterocycles. The molecule has 0 saturated carbocycles. The molecule has 2 heterocycles. The number of aliphatic hydroxyl groups excluding tert-OH is 1. The van der Waals surface area contributed by atoms with Gasteiger partial charge in [0.05, 0.1) is 45.7 Å². The zero-order valence-corrected chi connectivity index (χ0v) is 45.1. The average Bonchev–Trinajstić information content (AvgIpc) is 3.79. The van der Waals surface area contributed by atoms with E-state index in [0.717, 1.165) is 22.6 Å². The summed E-state index contributed by atoms with van der Waals surface area (Å²) < 4.78 is 141. The summed E-state index contributed by atoms with van der Waals surface area (Å²) >= 11 is 0. The molecule has 0 aliphatic carbocycles. The van der Waals surface area contributed by atoms with E-state index >= 15 is 0 Å². The monoisotopic (exact) mass is 1030 g/mol. The van der Waals surface area contributed by atoms with Crippen LogP contribution in [0.5, 0.6) is 11.5 Å². The van der Waals surface area contributed by atoms with Crippen molar-refractivity contribution in [1.82, 2.24) is 0 Å². The van der Waals surface area contributed by atoms with E-state index in [4.69, 9.17) is 46.7 Å². The Labute approximate surface area is 409 Å². The van der Waals surface area contributed by atoms with E-state index in [9.17, 15) is 31.4 Å². The Hall–Kier alpha value is -2.57. The highest BCUT2D eigenvalue weighted by atomic mass is 28.4. The molecule has 0 bridgehead atoms. The number of hydrogen-bond acceptors (Lipinski definition) is 11. The van der Waals surface area contributed by atoms with Crippen LogP contribution in [0.3, 0.4) is 0 Å². The van der Waals surface area contributed by atoms with Gasteiger partial charge >= 0.3 is 12.4 Å². The molecule has 2 aliphatic rings. The molecule has 2 aromatic rings. The summed E-state index contributed by atoms with van der Waals surface area (Å²) in [5.74, 6) is 1.47. The zero-order valence-electron chi connectivity index (χ0n) is 43.1. The summed E-state index contributed by atoms with van der Waals surface area (Å²) in [5.41, 5.74) is 1.84. The van der Waals surface area contributed by atoms with Crippen molar-refractivity contribution in [1.29, 1.82) is 0 Å². The van der Waals surface area contributed by atoms with Crippen LogP contribution in [-0.2, 0) is 50.5 Å². The quantitative estimate of drug-likeness (QED) is 0.0652. The maximum absolute atomic E-state index is 13.9. The predicted molar refractivity (Wildman–Crippen MR) is 259 cm³/mol. The second-order valence-electron chi connectivity index (χ2n) is 20.7. The number of alkyl halides is 6. The van der Waals surface area contributed by atoms with Gasteiger partial charge in [-0.2, -0.15) is 26.3 Å². The van der Waals surface area contributed by atoms with E-state index in [0.29, 0.717) is 13.0 Å². The molecule has 2 aliphatic heterocycles. The zero-order chi connectivity index (χ0) is 52.2. The molecule has 11 nitrogen and oxygen atoms in total. The Morgan fingerprint density at radius 3 is 1.28 bits per heavy atom. The second-order valence-corrected chi connectivity index (χ2v) is 30.2. The van der Waals surface area contributed by atoms with Crippen molar-refractivity contribution in [3.8, 4) is 11.5 Å². The van der Waals surface area contributed by atoms with Crippen LogP contribution in [0.2, 0.25) is 36.3 Å². The summed E-state index contributed by atoms with van der Waals surface area (Å²) in [6.45, 7) is 23.0. The van der Waals surface area contributed by atoms with Gasteiger partial charge in [-0.25, -0.2) is 0 Å². The van der Waals surface area contributed by atoms with Crippen LogP contribution in [0, 0.1) is 0 Å². The molecule has 2 fully saturated rings. The van der Waals surface area contributed by atoms with Crippen molar-refractivity contribution >= 4 is 16.6 Å². The van der Waals surface area contributed by atoms with E-state index in [1.165, 1.54) is 14.2 Å². The fraction of sp³-hybridized carbons (Fsp3) is 0.720. The van der Waals surface area contributed by atoms with Crippen LogP contribution in [0.15, 0.2) is 61.2 Å². The number of rotatable bonds is 23. The fourth-order valence-corrected chi connectivity index (χ4v) is 10.3. The first-order valence-corrected chi connectivity index (χ1v) is 29.4. The summed E-state index contributed by atoms with van der Waals surface area (Å²) in [4.78, 5) is 0. The molecule has 0 radical (unpaired) electrons. The maximum Gasteiger partial charge on any atom is 0.413 e. The Balaban J connectivity index is 0.000000365. The van der Waals surface area contributed by atoms with E-state index < -0.39 is 90.0 Å². The molecule has 0 amide bonds. The van der Waals surface area contributed by atoms with Crippen molar-refractivity contribution in [3.05, 3.63) is 72.3 Å². The molecule has 1 N–H and O–H groups in total. The normalized spacial score (nSPS) is 24.7. The molecular weight excluding hydrogens is 947 g/mol. The first-order valence-electron chi connectivity index (χ1n) is 23.5. The van der Waals surface area contributed by atoms with Gasteiger partial charge in [-0.15, -0.1) is 6.58 Å². The van der Waals surface area contributed by atoms with Gasteiger partial charge < -0.3 is 51.9 Å². The molecule has 4 rings (SSSR count). The molecule has 69 heavy (non-hydrogen) atoms. The van der Waals surface area contributed by atoms with E-state index in [2.05, 4.69) is 6.58 Å². The van der Waals surface area contributed by atoms with Gasteiger partial charge in [0.15, 0.2) is 16.6 Å². The van der Waals surface area contributed by atoms with Crippen molar-refractivity contribution in [3.63, 3.8) is 0 Å². The summed E-state index contributed by atoms with van der Waals surface area (Å²) in [5, 5.41) is 8.83. The number of hydrogen-bond donors (Lipinski definition) is 1. The number of halogens is 6. The minimum Gasteiger partial charge on any atom is -0.497 e. The predicted octanol–water partition coefficient (Wildman–Crippen LogP) is 11.8. The Bertz CT molecular complexity index is 1800. The van der Waals surface area contributed by atoms with Crippen molar-refractivity contribution in [2.24, 2.45) is 0 Å². The Morgan fingerprint density at radius 2 is 0.942 bits per heavy atom. The Morgan fingerprint density at radius 1 is 0.580 bits per heavy atom. The van der Waals surface area contributed by atoms with Gasteiger partial charge in [0, 0.05) is 20.8 Å². The highest BCUT2D eigenvalue weighted by Crippen LogP contribution is 2.43. The average molecular weight is 1030 g/mol. The first kappa shape index (κ1) is 60.7. The molecule has 3 unspecified atom stereocenters. The van der Waals surface area contributed by atoms with Gasteiger partial charge in [-0.05, 0) is 104 Å². The lowest BCUT2D eigenvalue weighted by atomic mass is 10.0. The third kappa shape index (κ3) is 17.6. The highest BCUT2D eigenvalue weighted by molar-refractivity contribution is 6.74. The lowest BCUT2D eigenvalue weighted by molar-refractivity contribution is -0.202. The molecule has 396 valence electrons. The SMILES string of the molecule is C=C[C@@H]1O[C@H](CCC(O[Si](C)(C)C(C)(C)C)C(F)(F)F)[C@H](OC)C1OCc1ccc(OC)cc1.COc1ccc(CO[C@@H]2[C@@H](OC)[C@@H](CCC(O[Si](C)(C)C(C)(C)C)C(F)(F)F)O[C@H]2CCO)cc1. The standard InChI is InChI=1S/C25H41F3O6Si.C25H39F3O5Si/c1-24(2,3)35(6,7)34-21(25(26,27)28)13-12-19-22(31-5)23(20(33-19)14-15-29)32-16-17-8-10-18(30-4)11-9-17;1-9-19-23(31-16-17-10-12-18(29-5)13-11-17)22(30-6)20(32-19)14-15-21(25(26,27)28)33-34(7,8)24(2,3)4/h8-11,19-23,29H,12-16H2,1-7H3;9-13,19-23H,1,14-16H2,2-8H3/t19-,20+,21?,22+,23+;19-,20+,21?,22-,23?/m10/s1. The molecule has 0 aromatic heterocycles. The molecule has 2 aromatic carbocycles. The van der Waals surface area contributed by atoms with Gasteiger partial charge in [-0.3, -0.25) is 0 Å². The van der Waals surface area contributed by atoms with Crippen LogP contribution in [-0.4, -0.2) is 130 Å². The number of aliphatic hydroxyl groups is 1. The number of benzene rings is 2. The highest BCUT2D eigenvalue weighted by Gasteiger charge is 2.52. The first-order chi connectivity index (χ1) is 32.0. The smallest absolute Gasteiger partial charge is 0.413 e. The molecule has 0 spiro atoms. The lowest BCUT2D eigenvalue weighted by Gasteiger charge is -2.40. The van der Waals surface area contributed by atoms with Gasteiger partial charge in [0.2, 0.25) is 0 Å². The second kappa shape index (κ2) is 25.9. The van der Waals surface area contributed by atoms with Crippen LogP contribution in [0.25, 0.3) is 0 Å². The minimum atomic E-state index is -4.48. The molecule has 19 heteroatoms. The molecule has 10 atom stereocenters. The van der Waals surface area contributed by atoms with E-state index in [1.807, 2.05) is 116 Å². The Kier molecular flexibility index (Phi) is 22.8. The van der Waals surface area contributed by atoms with Gasteiger partial charge in [0.1, 0.15) is 54.2 Å². The summed E-state index contributed by atoms with van der Waals surface area (Å²) in [6.07, 6.45) is -15.2. The number of ether oxygens (including phenoxy) is 8. The topological polar surface area (TPSA) is 113 Å². The third-order valence-corrected chi connectivity index (χ3v) is 22.8. The maximum atomic E-state index is 13.9. The molecular formula is C50H80F6O11Si2. The van der Waals surface area contributed by atoms with Crippen LogP contribution >= 0.6 is 0 Å². The van der Waals surface area contributed by atoms with Crippen LogP contribution in [0.1, 0.15) is 84.8 Å². The fourth-order valence-electron chi connectivity index (χ4n) is 7.64. The van der Waals surface area contributed by atoms with Crippen LogP contribution in [0.4, 0.5) is 26.3 Å². The summed E-state index contributed by atoms with van der Waals surface area (Å²) in [7, 11) is 0.954. The van der Waals surface area contributed by atoms with Gasteiger partial charge in [-0.1, -0.05) is 71.9 Å². The van der Waals surface area contributed by atoms with Crippen molar-refractivity contribution in [2.75, 3.05) is 35.0 Å². The summed E-state index contributed by atoms with van der Waals surface area (Å²) in [6, 6.07) is 14.9. The van der Waals surface area contributed by atoms with Gasteiger partial charge in [0.25, 0.3) is 0 Å². The van der Waals surface area contributed by atoms with Crippen LogP contribution < -0.4 is 9.47 Å². The minimum absolute atomic E-state index is 0.0988. The van der Waals surface area contributed by atoms with Crippen molar-refractivity contribution < 1.29 is 78.2 Å². The lowest BCUT2D eigenvalue weighted by Crippen LogP contribution is -2.48. The number of methoxy groups -OCH3 is 4.